The lowest BCUT2D eigenvalue weighted by Crippen LogP contribution is -2.16. The maximum Gasteiger partial charge on any atom is 0.0315 e. The summed E-state index contributed by atoms with van der Waals surface area (Å²) < 4.78 is 0. The van der Waals surface area contributed by atoms with Crippen LogP contribution in [-0.4, -0.2) is 5.71 Å². The number of allylic oxidation sites excluding steroid dienone is 9. The van der Waals surface area contributed by atoms with Gasteiger partial charge in [0.2, 0.25) is 0 Å². The fourth-order valence-corrected chi connectivity index (χ4v) is 3.30. The van der Waals surface area contributed by atoms with Gasteiger partial charge < -0.3 is 5.41 Å². The third-order valence-corrected chi connectivity index (χ3v) is 4.53. The highest BCUT2D eigenvalue weighted by Gasteiger charge is 2.22. The highest BCUT2D eigenvalue weighted by atomic mass is 14.4. The maximum atomic E-state index is 7.84. The Bertz CT molecular complexity index is 554. The number of hydrogen-bond acceptors (Lipinski definition) is 1. The van der Waals surface area contributed by atoms with Crippen molar-refractivity contribution in [3.63, 3.8) is 0 Å². The summed E-state index contributed by atoms with van der Waals surface area (Å²) in [5.41, 5.74) is 5.93. The second kappa shape index (κ2) is 6.89. The highest BCUT2D eigenvalue weighted by molar-refractivity contribution is 5.96. The SMILES string of the molecule is C=C(C)C(CC1=CCCC(C(C)=N)=C1)C1C=C(C)C=CC1. The van der Waals surface area contributed by atoms with Crippen molar-refractivity contribution in [2.45, 2.75) is 46.5 Å². The molecule has 0 bridgehead atoms. The van der Waals surface area contributed by atoms with E-state index in [1.165, 1.54) is 22.3 Å². The number of rotatable bonds is 5. The molecule has 0 saturated carbocycles. The van der Waals surface area contributed by atoms with Gasteiger partial charge in [0, 0.05) is 5.71 Å². The second-order valence-corrected chi connectivity index (χ2v) is 6.48. The lowest BCUT2D eigenvalue weighted by atomic mass is 9.77. The molecule has 0 amide bonds. The van der Waals surface area contributed by atoms with Crippen LogP contribution in [0.3, 0.4) is 0 Å². The van der Waals surface area contributed by atoms with Gasteiger partial charge in [0.1, 0.15) is 0 Å². The molecule has 0 aromatic rings. The zero-order valence-corrected chi connectivity index (χ0v) is 13.6. The predicted octanol–water partition coefficient (Wildman–Crippen LogP) is 5.78. The quantitative estimate of drug-likeness (QED) is 0.488. The molecule has 1 N–H and O–H groups in total. The van der Waals surface area contributed by atoms with Crippen LogP contribution >= 0.6 is 0 Å². The standard InChI is InChI=1S/C20H27N/c1-14(2)20(19-10-5-7-15(3)11-19)13-17-8-6-9-18(12-17)16(4)21/h5,7-8,11-12,19-21H,1,6,9-10,13H2,2-4H3. The van der Waals surface area contributed by atoms with Gasteiger partial charge in [-0.1, -0.05) is 53.7 Å². The van der Waals surface area contributed by atoms with Crippen molar-refractivity contribution in [1.29, 1.82) is 5.41 Å². The summed E-state index contributed by atoms with van der Waals surface area (Å²) in [5, 5.41) is 7.84. The normalized spacial score (nSPS) is 23.0. The van der Waals surface area contributed by atoms with Gasteiger partial charge in [-0.2, -0.15) is 0 Å². The average molecular weight is 281 g/mol. The van der Waals surface area contributed by atoms with E-state index in [4.69, 9.17) is 5.41 Å². The summed E-state index contributed by atoms with van der Waals surface area (Å²) in [5.74, 6) is 1.06. The third kappa shape index (κ3) is 4.17. The van der Waals surface area contributed by atoms with Crippen molar-refractivity contribution in [3.05, 3.63) is 59.3 Å². The van der Waals surface area contributed by atoms with Gasteiger partial charge in [-0.05, 0) is 63.9 Å². The van der Waals surface area contributed by atoms with Crippen LogP contribution < -0.4 is 0 Å². The van der Waals surface area contributed by atoms with Gasteiger partial charge in [0.25, 0.3) is 0 Å². The first kappa shape index (κ1) is 15.8. The van der Waals surface area contributed by atoms with E-state index in [1.807, 2.05) is 6.92 Å². The molecule has 0 fully saturated rings. The van der Waals surface area contributed by atoms with E-state index in [9.17, 15) is 0 Å². The Labute approximate surface area is 129 Å². The van der Waals surface area contributed by atoms with E-state index < -0.39 is 0 Å². The van der Waals surface area contributed by atoms with Crippen molar-refractivity contribution in [2.24, 2.45) is 11.8 Å². The molecule has 0 aromatic carbocycles. The zero-order chi connectivity index (χ0) is 15.4. The molecule has 2 aliphatic rings. The topological polar surface area (TPSA) is 23.9 Å². The Morgan fingerprint density at radius 3 is 2.81 bits per heavy atom. The minimum absolute atomic E-state index is 0.498. The molecule has 0 aliphatic heterocycles. The van der Waals surface area contributed by atoms with E-state index in [1.54, 1.807) is 0 Å². The van der Waals surface area contributed by atoms with Crippen LogP contribution in [0.2, 0.25) is 0 Å². The van der Waals surface area contributed by atoms with Crippen molar-refractivity contribution in [1.82, 2.24) is 0 Å². The summed E-state index contributed by atoms with van der Waals surface area (Å²) in [6.07, 6.45) is 15.7. The second-order valence-electron chi connectivity index (χ2n) is 6.48. The fraction of sp³-hybridized carbons (Fsp3) is 0.450. The first-order chi connectivity index (χ1) is 9.97. The minimum Gasteiger partial charge on any atom is -0.305 e. The van der Waals surface area contributed by atoms with E-state index >= 15 is 0 Å². The molecule has 0 spiro atoms. The third-order valence-electron chi connectivity index (χ3n) is 4.53. The van der Waals surface area contributed by atoms with Crippen molar-refractivity contribution in [2.75, 3.05) is 0 Å². The van der Waals surface area contributed by atoms with Crippen LogP contribution in [0.25, 0.3) is 0 Å². The molecule has 112 valence electrons. The predicted molar refractivity (Wildman–Crippen MR) is 92.7 cm³/mol. The molecule has 0 aromatic heterocycles. The summed E-state index contributed by atoms with van der Waals surface area (Å²) >= 11 is 0. The molecule has 0 heterocycles. The van der Waals surface area contributed by atoms with Gasteiger partial charge in [-0.3, -0.25) is 0 Å². The van der Waals surface area contributed by atoms with Crippen molar-refractivity contribution >= 4 is 5.71 Å². The smallest absolute Gasteiger partial charge is 0.0315 e. The van der Waals surface area contributed by atoms with Gasteiger partial charge in [0.15, 0.2) is 0 Å². The molecular formula is C20H27N. The Morgan fingerprint density at radius 2 is 2.19 bits per heavy atom. The monoisotopic (exact) mass is 281 g/mol. The number of nitrogens with one attached hydrogen (secondary N) is 1. The lowest BCUT2D eigenvalue weighted by Gasteiger charge is -2.28. The molecule has 2 atom stereocenters. The Morgan fingerprint density at radius 1 is 1.43 bits per heavy atom. The molecule has 0 radical (unpaired) electrons. The Kier molecular flexibility index (Phi) is 5.17. The van der Waals surface area contributed by atoms with E-state index in [0.717, 1.165) is 25.7 Å². The van der Waals surface area contributed by atoms with Crippen LogP contribution in [0, 0.1) is 17.2 Å². The van der Waals surface area contributed by atoms with Gasteiger partial charge >= 0.3 is 0 Å². The van der Waals surface area contributed by atoms with Crippen molar-refractivity contribution < 1.29 is 0 Å². The summed E-state index contributed by atoms with van der Waals surface area (Å²) in [6.45, 7) is 10.5. The molecule has 1 heteroatoms. The van der Waals surface area contributed by atoms with Gasteiger partial charge in [0.05, 0.1) is 0 Å². The summed E-state index contributed by atoms with van der Waals surface area (Å²) in [4.78, 5) is 0. The lowest BCUT2D eigenvalue weighted by molar-refractivity contribution is 0.450. The van der Waals surface area contributed by atoms with E-state index in [-0.39, 0.29) is 0 Å². The summed E-state index contributed by atoms with van der Waals surface area (Å²) in [7, 11) is 0. The largest absolute Gasteiger partial charge is 0.305 e. The van der Waals surface area contributed by atoms with Gasteiger partial charge in [-0.15, -0.1) is 0 Å². The van der Waals surface area contributed by atoms with Crippen LogP contribution in [0.4, 0.5) is 0 Å². The number of hydrogen-bond donors (Lipinski definition) is 1. The molecular weight excluding hydrogens is 254 g/mol. The summed E-state index contributed by atoms with van der Waals surface area (Å²) in [6, 6.07) is 0. The van der Waals surface area contributed by atoms with Crippen molar-refractivity contribution in [3.8, 4) is 0 Å². The molecule has 2 rings (SSSR count). The first-order valence-corrected chi connectivity index (χ1v) is 7.93. The molecule has 2 aliphatic carbocycles. The van der Waals surface area contributed by atoms with E-state index in [0.29, 0.717) is 17.5 Å². The Hall–Kier alpha value is -1.63. The van der Waals surface area contributed by atoms with Gasteiger partial charge in [-0.25, -0.2) is 0 Å². The first-order valence-electron chi connectivity index (χ1n) is 7.93. The van der Waals surface area contributed by atoms with E-state index in [2.05, 4.69) is 50.8 Å². The molecule has 21 heavy (non-hydrogen) atoms. The minimum atomic E-state index is 0.498. The maximum absolute atomic E-state index is 7.84. The van der Waals surface area contributed by atoms with Crippen LogP contribution in [0.15, 0.2) is 59.3 Å². The molecule has 1 nitrogen and oxygen atoms in total. The Balaban J connectivity index is 2.14. The highest BCUT2D eigenvalue weighted by Crippen LogP contribution is 2.35. The molecule has 2 unspecified atom stereocenters. The van der Waals surface area contributed by atoms with Crippen LogP contribution in [0.5, 0.6) is 0 Å². The zero-order valence-electron chi connectivity index (χ0n) is 13.6. The molecule has 0 saturated heterocycles. The van der Waals surface area contributed by atoms with Crippen LogP contribution in [0.1, 0.15) is 46.5 Å². The van der Waals surface area contributed by atoms with Crippen LogP contribution in [-0.2, 0) is 0 Å². The fourth-order valence-electron chi connectivity index (χ4n) is 3.30. The average Bonchev–Trinajstić information content (AvgIpc) is 2.44.